The number of rotatable bonds is 6. The van der Waals surface area contributed by atoms with Crippen LogP contribution >= 0.6 is 0 Å². The molecular weight excluding hydrogens is 1780 g/mol. The van der Waals surface area contributed by atoms with E-state index in [0.717, 1.165) is 0 Å². The van der Waals surface area contributed by atoms with Crippen molar-refractivity contribution in [3.8, 4) is 89.8 Å². The molecule has 0 spiro atoms. The fourth-order valence-electron chi connectivity index (χ4n) is 27.5. The van der Waals surface area contributed by atoms with Gasteiger partial charge in [0.05, 0.1) is 66.2 Å². The van der Waals surface area contributed by atoms with Crippen LogP contribution in [0.5, 0.6) is 0 Å². The topological polar surface area (TPSA) is 29.6 Å². The summed E-state index contributed by atoms with van der Waals surface area (Å²) in [5, 5.41) is 15.8. The lowest BCUT2D eigenvalue weighted by Crippen LogP contribution is -2.14. The molecule has 27 aromatic rings. The van der Waals surface area contributed by atoms with Crippen molar-refractivity contribution in [2.24, 2.45) is 0 Å². The molecule has 32 rings (SSSR count). The van der Waals surface area contributed by atoms with Crippen LogP contribution in [0.25, 0.3) is 221 Å². The fourth-order valence-corrected chi connectivity index (χ4v) is 27.5. The summed E-state index contributed by atoms with van der Waals surface area (Å²) in [7, 11) is 0. The summed E-state index contributed by atoms with van der Waals surface area (Å²) < 4.78 is 14.5. The molecule has 6 nitrogen and oxygen atoms in total. The lowest BCUT2D eigenvalue weighted by atomic mass is 9.82. The Morgan fingerprint density at radius 2 is 0.313 bits per heavy atom. The Balaban J connectivity index is 0.0000000934. The Hall–Kier alpha value is -17.6. The second kappa shape index (κ2) is 31.7. The number of hydrogen-bond donors (Lipinski definition) is 0. The van der Waals surface area contributed by atoms with E-state index in [4.69, 9.17) is 0 Å². The van der Waals surface area contributed by atoms with E-state index in [1.54, 1.807) is 0 Å². The first kappa shape index (κ1) is 86.1. The van der Waals surface area contributed by atoms with Crippen LogP contribution in [0.1, 0.15) is 125 Å². The molecule has 0 N–H and O–H groups in total. The van der Waals surface area contributed by atoms with Gasteiger partial charge in [-0.05, 0) is 257 Å². The summed E-state index contributed by atoms with van der Waals surface area (Å²) in [6, 6.07) is 170. The van der Waals surface area contributed by atoms with E-state index in [0.29, 0.717) is 0 Å². The van der Waals surface area contributed by atoms with Crippen LogP contribution in [0.15, 0.2) is 461 Å². The zero-order valence-electron chi connectivity index (χ0n) is 84.1. The SMILES string of the molecule is CC1(C)c2ccccc2-c2c1ccc1c2c2ccccc2n1-c1ccc(-n2c3ccccc3c3ccccc32)cc1.CC1(C)c2ccccc2-c2c1ccc1c2c2ccccc2n1-c1ccc2c(c1)c1ccccc1n2-c1ccccc1.CC1(C)c2ccccc2-c2c1ccc1c2c2ccccc2n1-c1ccccc1.CC1(C)c2ccccc2-c2cc(-n3c4ccccc4c4c5c(ccc43)C(C)(C)c3ccccc3-5)ccc21. The van der Waals surface area contributed by atoms with E-state index in [9.17, 15) is 0 Å². The average Bonchev–Trinajstić information content (AvgIpc) is 1.54. The van der Waals surface area contributed by atoms with Crippen LogP contribution in [0.3, 0.4) is 0 Å². The van der Waals surface area contributed by atoms with Crippen LogP contribution in [-0.2, 0) is 27.1 Å². The first-order valence-corrected chi connectivity index (χ1v) is 52.0. The van der Waals surface area contributed by atoms with E-state index in [1.807, 2.05) is 0 Å². The summed E-state index contributed by atoms with van der Waals surface area (Å²) >= 11 is 0. The zero-order chi connectivity index (χ0) is 98.6. The molecule has 0 amide bonds. The van der Waals surface area contributed by atoms with Gasteiger partial charge in [0.1, 0.15) is 0 Å². The Morgan fingerprint density at radius 3 is 0.639 bits per heavy atom. The molecule has 0 saturated carbocycles. The van der Waals surface area contributed by atoms with Gasteiger partial charge in [0.15, 0.2) is 0 Å². The predicted octanol–water partition coefficient (Wildman–Crippen LogP) is 36.9. The zero-order valence-corrected chi connectivity index (χ0v) is 84.1. The van der Waals surface area contributed by atoms with Gasteiger partial charge in [0.25, 0.3) is 0 Å². The first-order valence-electron chi connectivity index (χ1n) is 52.0. The number of para-hydroxylation sites is 9. The lowest BCUT2D eigenvalue weighted by Gasteiger charge is -2.22. The molecule has 5 aliphatic carbocycles. The van der Waals surface area contributed by atoms with Gasteiger partial charge in [-0.3, -0.25) is 0 Å². The summed E-state index contributed by atoms with van der Waals surface area (Å²) in [4.78, 5) is 0. The van der Waals surface area contributed by atoms with E-state index in [1.165, 1.54) is 276 Å². The van der Waals surface area contributed by atoms with Crippen LogP contribution in [0.4, 0.5) is 0 Å². The highest BCUT2D eigenvalue weighted by Crippen LogP contribution is 2.60. The molecule has 0 bridgehead atoms. The summed E-state index contributed by atoms with van der Waals surface area (Å²) in [6.07, 6.45) is 0. The number of fused-ring (bicyclic) bond motifs is 37. The molecule has 0 saturated heterocycles. The normalized spacial score (nSPS) is 14.5. The lowest BCUT2D eigenvalue weighted by molar-refractivity contribution is 0.660. The van der Waals surface area contributed by atoms with Crippen molar-refractivity contribution in [2.45, 2.75) is 96.3 Å². The Morgan fingerprint density at radius 1 is 0.122 bits per heavy atom. The molecule has 6 aromatic heterocycles. The predicted molar refractivity (Wildman–Crippen MR) is 620 cm³/mol. The molecule has 6 heteroatoms. The second-order valence-electron chi connectivity index (χ2n) is 43.6. The van der Waals surface area contributed by atoms with Crippen LogP contribution in [0, 0.1) is 0 Å². The third-order valence-corrected chi connectivity index (χ3v) is 34.2. The van der Waals surface area contributed by atoms with Gasteiger partial charge in [0.2, 0.25) is 0 Å². The smallest absolute Gasteiger partial charge is 0.0547 e. The molecular formula is C141H106N6. The van der Waals surface area contributed by atoms with Crippen LogP contribution < -0.4 is 0 Å². The van der Waals surface area contributed by atoms with Crippen molar-refractivity contribution in [2.75, 3.05) is 0 Å². The molecule has 5 aliphatic rings. The van der Waals surface area contributed by atoms with E-state index < -0.39 is 0 Å². The monoisotopic (exact) mass is 1880 g/mol. The van der Waals surface area contributed by atoms with Gasteiger partial charge < -0.3 is 27.4 Å². The second-order valence-corrected chi connectivity index (χ2v) is 43.6. The van der Waals surface area contributed by atoms with Gasteiger partial charge in [-0.25, -0.2) is 0 Å². The van der Waals surface area contributed by atoms with Crippen molar-refractivity contribution in [3.05, 3.63) is 517 Å². The number of benzene rings is 21. The maximum Gasteiger partial charge on any atom is 0.0547 e. The third kappa shape index (κ3) is 12.2. The van der Waals surface area contributed by atoms with Gasteiger partial charge in [-0.2, -0.15) is 0 Å². The molecule has 147 heavy (non-hydrogen) atoms. The van der Waals surface area contributed by atoms with Crippen molar-refractivity contribution < 1.29 is 0 Å². The Bertz CT molecular complexity index is 10200. The molecule has 700 valence electrons. The maximum absolute atomic E-state index is 2.48. The van der Waals surface area contributed by atoms with E-state index >= 15 is 0 Å². The van der Waals surface area contributed by atoms with Crippen LogP contribution in [-0.4, -0.2) is 27.4 Å². The molecule has 0 atom stereocenters. The number of aromatic nitrogens is 6. The molecule has 6 heterocycles. The maximum atomic E-state index is 2.48. The molecule has 0 aliphatic heterocycles. The minimum Gasteiger partial charge on any atom is -0.309 e. The summed E-state index contributed by atoms with van der Waals surface area (Å²) in [5.41, 5.74) is 50.1. The summed E-state index contributed by atoms with van der Waals surface area (Å²) in [6.45, 7) is 23.6. The fraction of sp³-hybridized carbons (Fsp3) is 0.106. The number of hydrogen-bond acceptors (Lipinski definition) is 0. The first-order chi connectivity index (χ1) is 71.8. The third-order valence-electron chi connectivity index (χ3n) is 34.2. The standard InChI is InChI=1S/2C39H28N2.C36H29N.C27H21N/c1-39(2)31-15-7-3-13-29(31)37-32(39)23-24-36-38(37)30-14-6-10-18-35(30)41(36)26-21-19-25(20-22-26)40-33-16-8-4-11-27(33)28-12-5-9-17-34(28)40;1-39(2)31-17-9-6-15-28(31)37-32(39)21-23-36-38(37)29-16-8-11-19-34(29)41(36)26-20-22-35-30(24-26)27-14-7-10-18-33(27)40(35)25-12-4-3-5-13-25;1-35(2)27-14-8-5-11-23(27)26-21-22(17-18-29(26)35)37-31-16-10-7-13-25(31)34-32(37)20-19-30-33(34)24-12-6-9-15-28(24)36(30,3)4;1-27(2)21-14-8-6-12-19(21)25-22(27)16-17-24-26(25)20-13-7-9-15-23(20)28(24)18-10-4-3-5-11-18/h2*3-24H,1-2H3;5-21H,1-4H3;3-17H,1-2H3. The largest absolute Gasteiger partial charge is 0.309 e. The van der Waals surface area contributed by atoms with Gasteiger partial charge in [-0.1, -0.05) is 385 Å². The molecule has 0 radical (unpaired) electrons. The number of nitrogens with zero attached hydrogens (tertiary/aromatic N) is 6. The van der Waals surface area contributed by atoms with Gasteiger partial charge in [0, 0.05) is 126 Å². The van der Waals surface area contributed by atoms with Crippen LogP contribution in [0.2, 0.25) is 0 Å². The quantitative estimate of drug-likeness (QED) is 0.159. The molecule has 0 unspecified atom stereocenters. The Kier molecular flexibility index (Phi) is 18.6. The highest BCUT2D eigenvalue weighted by Gasteiger charge is 2.44. The van der Waals surface area contributed by atoms with Crippen molar-refractivity contribution in [3.63, 3.8) is 0 Å². The van der Waals surface area contributed by atoms with E-state index in [2.05, 4.69) is 558 Å². The molecule has 0 fully saturated rings. The minimum absolute atomic E-state index is 0.00775. The van der Waals surface area contributed by atoms with E-state index in [-0.39, 0.29) is 27.1 Å². The minimum atomic E-state index is -0.0263. The Labute approximate surface area is 854 Å². The van der Waals surface area contributed by atoms with Gasteiger partial charge in [-0.15, -0.1) is 0 Å². The van der Waals surface area contributed by atoms with Crippen molar-refractivity contribution >= 4 is 131 Å². The highest BCUT2D eigenvalue weighted by molar-refractivity contribution is 6.23. The summed E-state index contributed by atoms with van der Waals surface area (Å²) in [5.74, 6) is 0. The van der Waals surface area contributed by atoms with Crippen molar-refractivity contribution in [1.29, 1.82) is 0 Å². The highest BCUT2D eigenvalue weighted by atomic mass is 15.0. The average molecular weight is 1880 g/mol. The van der Waals surface area contributed by atoms with Crippen molar-refractivity contribution in [1.82, 2.24) is 27.4 Å². The van der Waals surface area contributed by atoms with Gasteiger partial charge >= 0.3 is 0 Å². The molecule has 21 aromatic carbocycles.